The lowest BCUT2D eigenvalue weighted by Crippen LogP contribution is -2.58. The third kappa shape index (κ3) is 2.67. The largest absolute Gasteiger partial charge is 0.378 e. The van der Waals surface area contributed by atoms with Crippen LogP contribution in [0.3, 0.4) is 0 Å². The molecule has 0 spiro atoms. The maximum atomic E-state index is 10.8. The van der Waals surface area contributed by atoms with Gasteiger partial charge in [0.2, 0.25) is 0 Å². The van der Waals surface area contributed by atoms with Gasteiger partial charge in [-0.3, -0.25) is 15.0 Å². The van der Waals surface area contributed by atoms with Gasteiger partial charge in [0, 0.05) is 36.8 Å². The fourth-order valence-electron chi connectivity index (χ4n) is 3.27. The van der Waals surface area contributed by atoms with E-state index in [1.807, 2.05) is 6.07 Å². The summed E-state index contributed by atoms with van der Waals surface area (Å²) in [6, 6.07) is 7.78. The fourth-order valence-corrected chi connectivity index (χ4v) is 3.27. The highest BCUT2D eigenvalue weighted by Gasteiger charge is 2.37. The van der Waals surface area contributed by atoms with Crippen LogP contribution in [0.25, 0.3) is 0 Å². The molecule has 2 atom stereocenters. The molecule has 2 aliphatic rings. The first-order chi connectivity index (χ1) is 9.63. The number of rotatable bonds is 3. The van der Waals surface area contributed by atoms with Gasteiger partial charge in [0.05, 0.1) is 18.1 Å². The molecule has 0 radical (unpaired) electrons. The van der Waals surface area contributed by atoms with Crippen LogP contribution in [0.4, 0.5) is 5.69 Å². The summed E-state index contributed by atoms with van der Waals surface area (Å²) in [5.74, 6) is 0. The first-order valence-electron chi connectivity index (χ1n) is 6.96. The van der Waals surface area contributed by atoms with E-state index in [4.69, 9.17) is 10.5 Å². The monoisotopic (exact) mass is 277 g/mol. The lowest BCUT2D eigenvalue weighted by atomic mass is 9.90. The number of non-ortho nitro benzene ring substituents is 1. The number of nitrogens with two attached hydrogens (primary N) is 1. The molecule has 2 heterocycles. The Kier molecular flexibility index (Phi) is 3.69. The molecule has 2 saturated heterocycles. The van der Waals surface area contributed by atoms with Crippen LogP contribution < -0.4 is 5.73 Å². The lowest BCUT2D eigenvalue weighted by Gasteiger charge is -2.47. The van der Waals surface area contributed by atoms with Crippen molar-refractivity contribution in [2.75, 3.05) is 13.2 Å². The molecule has 0 aliphatic carbocycles. The summed E-state index contributed by atoms with van der Waals surface area (Å²) in [5.41, 5.74) is 7.20. The van der Waals surface area contributed by atoms with Gasteiger partial charge in [-0.15, -0.1) is 0 Å². The van der Waals surface area contributed by atoms with E-state index in [1.54, 1.807) is 12.1 Å². The maximum absolute atomic E-state index is 10.8. The second kappa shape index (κ2) is 5.47. The number of nitro benzene ring substituents is 1. The predicted octanol–water partition coefficient (Wildman–Crippen LogP) is 1.29. The molecule has 0 aromatic heterocycles. The molecule has 108 valence electrons. The molecule has 0 saturated carbocycles. The number of ether oxygens (including phenoxy) is 1. The molecule has 6 heteroatoms. The number of fused-ring (bicyclic) bond motifs is 2. The minimum absolute atomic E-state index is 0.151. The van der Waals surface area contributed by atoms with Gasteiger partial charge in [0.25, 0.3) is 5.69 Å². The Hall–Kier alpha value is -1.50. The van der Waals surface area contributed by atoms with E-state index < -0.39 is 0 Å². The number of benzene rings is 1. The summed E-state index contributed by atoms with van der Waals surface area (Å²) < 4.78 is 5.61. The van der Waals surface area contributed by atoms with E-state index in [0.29, 0.717) is 25.3 Å². The van der Waals surface area contributed by atoms with Gasteiger partial charge >= 0.3 is 0 Å². The van der Waals surface area contributed by atoms with Crippen molar-refractivity contribution in [3.63, 3.8) is 0 Å². The lowest BCUT2D eigenvalue weighted by molar-refractivity contribution is -0.384. The molecular formula is C14H19N3O3. The summed E-state index contributed by atoms with van der Waals surface area (Å²) >= 11 is 0. The van der Waals surface area contributed by atoms with E-state index in [9.17, 15) is 10.1 Å². The van der Waals surface area contributed by atoms with Crippen LogP contribution in [0, 0.1) is 10.1 Å². The zero-order valence-electron chi connectivity index (χ0n) is 11.3. The summed E-state index contributed by atoms with van der Waals surface area (Å²) in [5, 5.41) is 10.8. The topological polar surface area (TPSA) is 81.6 Å². The molecule has 2 bridgehead atoms. The Morgan fingerprint density at radius 3 is 2.70 bits per heavy atom. The van der Waals surface area contributed by atoms with Crippen LogP contribution in [0.15, 0.2) is 24.3 Å². The van der Waals surface area contributed by atoms with Gasteiger partial charge in [-0.2, -0.15) is 0 Å². The van der Waals surface area contributed by atoms with Gasteiger partial charge < -0.3 is 10.5 Å². The van der Waals surface area contributed by atoms with Crippen molar-refractivity contribution in [2.45, 2.75) is 37.5 Å². The standard InChI is InChI=1S/C14H19N3O3/c15-11-5-13-8-20-9-14(6-11)16(13)7-10-2-1-3-12(4-10)17(18)19/h1-4,11,13-14H,5-9,15H2. The van der Waals surface area contributed by atoms with Crippen LogP contribution >= 0.6 is 0 Å². The number of hydrogen-bond acceptors (Lipinski definition) is 5. The molecule has 1 aromatic rings. The molecule has 2 unspecified atom stereocenters. The molecular weight excluding hydrogens is 258 g/mol. The number of piperidine rings is 1. The van der Waals surface area contributed by atoms with E-state index in [2.05, 4.69) is 4.90 Å². The minimum atomic E-state index is -0.348. The third-order valence-electron chi connectivity index (χ3n) is 4.19. The Bertz CT molecular complexity index is 494. The first kappa shape index (κ1) is 13.5. The Labute approximate surface area is 117 Å². The van der Waals surface area contributed by atoms with Crippen LogP contribution in [0.5, 0.6) is 0 Å². The zero-order chi connectivity index (χ0) is 14.1. The number of nitrogens with zero attached hydrogens (tertiary/aromatic N) is 2. The third-order valence-corrected chi connectivity index (χ3v) is 4.19. The second-order valence-electron chi connectivity index (χ2n) is 5.68. The smallest absolute Gasteiger partial charge is 0.269 e. The Balaban J connectivity index is 1.77. The molecule has 3 rings (SSSR count). The van der Waals surface area contributed by atoms with Crippen LogP contribution in [-0.4, -0.2) is 41.2 Å². The summed E-state index contributed by atoms with van der Waals surface area (Å²) in [7, 11) is 0. The van der Waals surface area contributed by atoms with Crippen LogP contribution in [-0.2, 0) is 11.3 Å². The Morgan fingerprint density at radius 1 is 1.35 bits per heavy atom. The zero-order valence-corrected chi connectivity index (χ0v) is 11.3. The Morgan fingerprint density at radius 2 is 2.05 bits per heavy atom. The van der Waals surface area contributed by atoms with E-state index >= 15 is 0 Å². The maximum Gasteiger partial charge on any atom is 0.269 e. The van der Waals surface area contributed by atoms with Crippen molar-refractivity contribution in [2.24, 2.45) is 5.73 Å². The average Bonchev–Trinajstić information content (AvgIpc) is 2.40. The van der Waals surface area contributed by atoms with Gasteiger partial charge in [-0.05, 0) is 18.4 Å². The highest BCUT2D eigenvalue weighted by Crippen LogP contribution is 2.29. The van der Waals surface area contributed by atoms with E-state index in [1.165, 1.54) is 6.07 Å². The molecule has 6 nitrogen and oxygen atoms in total. The summed E-state index contributed by atoms with van der Waals surface area (Å²) in [6.45, 7) is 2.14. The predicted molar refractivity (Wildman–Crippen MR) is 74.2 cm³/mol. The minimum Gasteiger partial charge on any atom is -0.378 e. The number of hydrogen-bond donors (Lipinski definition) is 1. The quantitative estimate of drug-likeness (QED) is 0.665. The number of morpholine rings is 1. The van der Waals surface area contributed by atoms with Crippen molar-refractivity contribution >= 4 is 5.69 Å². The molecule has 2 fully saturated rings. The molecule has 20 heavy (non-hydrogen) atoms. The van der Waals surface area contributed by atoms with E-state index in [-0.39, 0.29) is 16.7 Å². The molecule has 0 amide bonds. The normalized spacial score (nSPS) is 30.1. The van der Waals surface area contributed by atoms with Crippen LogP contribution in [0.2, 0.25) is 0 Å². The van der Waals surface area contributed by atoms with Crippen LogP contribution in [0.1, 0.15) is 18.4 Å². The van der Waals surface area contributed by atoms with Crippen molar-refractivity contribution in [1.82, 2.24) is 4.90 Å². The van der Waals surface area contributed by atoms with Crippen molar-refractivity contribution in [3.8, 4) is 0 Å². The molecule has 2 aliphatic heterocycles. The van der Waals surface area contributed by atoms with Gasteiger partial charge in [-0.1, -0.05) is 12.1 Å². The van der Waals surface area contributed by atoms with Gasteiger partial charge in [-0.25, -0.2) is 0 Å². The fraction of sp³-hybridized carbons (Fsp3) is 0.571. The first-order valence-corrected chi connectivity index (χ1v) is 6.96. The molecule has 2 N–H and O–H groups in total. The van der Waals surface area contributed by atoms with Crippen molar-refractivity contribution < 1.29 is 9.66 Å². The SMILES string of the molecule is NC1CC2COCC(C1)N2Cc1cccc([N+](=O)[O-])c1. The summed E-state index contributed by atoms with van der Waals surface area (Å²) in [4.78, 5) is 12.9. The second-order valence-corrected chi connectivity index (χ2v) is 5.68. The van der Waals surface area contributed by atoms with E-state index in [0.717, 1.165) is 24.9 Å². The summed E-state index contributed by atoms with van der Waals surface area (Å²) in [6.07, 6.45) is 1.87. The average molecular weight is 277 g/mol. The van der Waals surface area contributed by atoms with Gasteiger partial charge in [0.1, 0.15) is 0 Å². The highest BCUT2D eigenvalue weighted by molar-refractivity contribution is 5.34. The van der Waals surface area contributed by atoms with Gasteiger partial charge in [0.15, 0.2) is 0 Å². The van der Waals surface area contributed by atoms with Crippen molar-refractivity contribution in [3.05, 3.63) is 39.9 Å². The van der Waals surface area contributed by atoms with Crippen molar-refractivity contribution in [1.29, 1.82) is 0 Å². The highest BCUT2D eigenvalue weighted by atomic mass is 16.6. The molecule has 1 aromatic carbocycles. The number of nitro groups is 1.